The highest BCUT2D eigenvalue weighted by molar-refractivity contribution is 7.85. The molecule has 130 valence electrons. The molecule has 0 radical (unpaired) electrons. The fourth-order valence-electron chi connectivity index (χ4n) is 2.39. The molecule has 0 saturated carbocycles. The van der Waals surface area contributed by atoms with E-state index in [0.29, 0.717) is 11.5 Å². The van der Waals surface area contributed by atoms with Gasteiger partial charge in [-0.2, -0.15) is 8.42 Å². The first-order chi connectivity index (χ1) is 11.4. The van der Waals surface area contributed by atoms with Gasteiger partial charge in [-0.15, -0.1) is 0 Å². The largest absolute Gasteiger partial charge is 0.508 e. The molecule has 0 aliphatic carbocycles. The zero-order valence-electron chi connectivity index (χ0n) is 13.6. The van der Waals surface area contributed by atoms with Crippen LogP contribution in [0.15, 0.2) is 47.4 Å². The normalized spacial score (nSPS) is 11.4. The van der Waals surface area contributed by atoms with Crippen LogP contribution in [0.1, 0.15) is 38.2 Å². The highest BCUT2D eigenvalue weighted by Crippen LogP contribution is 2.30. The van der Waals surface area contributed by atoms with Crippen molar-refractivity contribution in [2.45, 2.75) is 43.9 Å². The first-order valence-corrected chi connectivity index (χ1v) is 9.41. The van der Waals surface area contributed by atoms with Gasteiger partial charge in [-0.1, -0.05) is 32.3 Å². The Bertz CT molecular complexity index is 766. The first-order valence-electron chi connectivity index (χ1n) is 7.97. The molecule has 2 aromatic carbocycles. The Labute approximate surface area is 142 Å². The van der Waals surface area contributed by atoms with E-state index in [0.717, 1.165) is 24.8 Å². The fourth-order valence-corrected chi connectivity index (χ4v) is 2.87. The van der Waals surface area contributed by atoms with Gasteiger partial charge in [0, 0.05) is 6.07 Å². The highest BCUT2D eigenvalue weighted by atomic mass is 32.2. The summed E-state index contributed by atoms with van der Waals surface area (Å²) >= 11 is 0. The Balaban J connectivity index is 2.14. The summed E-state index contributed by atoms with van der Waals surface area (Å²) < 4.78 is 36.9. The SMILES string of the molecule is CCCCCCc1ccc(O)cc1Oc1ccc(S(=O)(=O)O)cc1. The van der Waals surface area contributed by atoms with Gasteiger partial charge >= 0.3 is 0 Å². The number of ether oxygens (including phenoxy) is 1. The maximum absolute atomic E-state index is 11.1. The van der Waals surface area contributed by atoms with Gasteiger partial charge in [0.15, 0.2) is 0 Å². The number of phenols is 1. The lowest BCUT2D eigenvalue weighted by atomic mass is 10.1. The Morgan fingerprint density at radius 3 is 2.33 bits per heavy atom. The van der Waals surface area contributed by atoms with Crippen LogP contribution in [0.3, 0.4) is 0 Å². The monoisotopic (exact) mass is 350 g/mol. The van der Waals surface area contributed by atoms with Crippen molar-refractivity contribution in [1.29, 1.82) is 0 Å². The van der Waals surface area contributed by atoms with Crippen LogP contribution in [-0.2, 0) is 16.5 Å². The van der Waals surface area contributed by atoms with Crippen LogP contribution in [0, 0.1) is 0 Å². The standard InChI is InChI=1S/C18H22O5S/c1-2-3-4-5-6-14-7-8-15(19)13-18(14)23-16-9-11-17(12-10-16)24(20,21)22/h7-13,19H,2-6H2,1H3,(H,20,21,22). The topological polar surface area (TPSA) is 83.8 Å². The molecule has 0 aromatic heterocycles. The van der Waals surface area contributed by atoms with E-state index in [-0.39, 0.29) is 10.6 Å². The average molecular weight is 350 g/mol. The van der Waals surface area contributed by atoms with E-state index in [1.54, 1.807) is 12.1 Å². The molecule has 24 heavy (non-hydrogen) atoms. The Morgan fingerprint density at radius 1 is 1.00 bits per heavy atom. The Kier molecular flexibility index (Phi) is 6.23. The van der Waals surface area contributed by atoms with E-state index in [2.05, 4.69) is 6.92 Å². The lowest BCUT2D eigenvalue weighted by molar-refractivity contribution is 0.450. The van der Waals surface area contributed by atoms with Crippen molar-refractivity contribution in [1.82, 2.24) is 0 Å². The van der Waals surface area contributed by atoms with Gasteiger partial charge in [-0.25, -0.2) is 0 Å². The quantitative estimate of drug-likeness (QED) is 0.539. The van der Waals surface area contributed by atoms with E-state index >= 15 is 0 Å². The maximum Gasteiger partial charge on any atom is 0.294 e. The molecule has 0 amide bonds. The summed E-state index contributed by atoms with van der Waals surface area (Å²) in [4.78, 5) is -0.189. The molecule has 2 N–H and O–H groups in total. The number of unbranched alkanes of at least 4 members (excludes halogenated alkanes) is 3. The lowest BCUT2D eigenvalue weighted by Gasteiger charge is -2.12. The second-order valence-corrected chi connectivity index (χ2v) is 7.07. The zero-order chi connectivity index (χ0) is 17.6. The summed E-state index contributed by atoms with van der Waals surface area (Å²) in [7, 11) is -4.22. The first kappa shape index (κ1) is 18.3. The van der Waals surface area contributed by atoms with Crippen LogP contribution < -0.4 is 4.74 Å². The van der Waals surface area contributed by atoms with E-state index in [4.69, 9.17) is 9.29 Å². The van der Waals surface area contributed by atoms with Crippen LogP contribution >= 0.6 is 0 Å². The van der Waals surface area contributed by atoms with Crippen LogP contribution in [0.2, 0.25) is 0 Å². The maximum atomic E-state index is 11.1. The van der Waals surface area contributed by atoms with Crippen molar-refractivity contribution in [2.75, 3.05) is 0 Å². The van der Waals surface area contributed by atoms with Crippen LogP contribution in [0.4, 0.5) is 0 Å². The number of hydrogen-bond acceptors (Lipinski definition) is 4. The molecule has 6 heteroatoms. The summed E-state index contributed by atoms with van der Waals surface area (Å²) in [5.74, 6) is 1.09. The highest BCUT2D eigenvalue weighted by Gasteiger charge is 2.11. The van der Waals surface area contributed by atoms with Crippen LogP contribution in [0.5, 0.6) is 17.2 Å². The minimum atomic E-state index is -4.22. The summed E-state index contributed by atoms with van der Waals surface area (Å²) in [6, 6.07) is 10.5. The zero-order valence-corrected chi connectivity index (χ0v) is 14.4. The molecule has 0 unspecified atom stereocenters. The number of hydrogen-bond donors (Lipinski definition) is 2. The van der Waals surface area contributed by atoms with Crippen molar-refractivity contribution in [3.63, 3.8) is 0 Å². The number of benzene rings is 2. The second-order valence-electron chi connectivity index (χ2n) is 5.65. The summed E-state index contributed by atoms with van der Waals surface area (Å²) in [5.41, 5.74) is 0.989. The van der Waals surface area contributed by atoms with E-state index in [1.807, 2.05) is 6.07 Å². The third-order valence-electron chi connectivity index (χ3n) is 3.70. The molecule has 2 rings (SSSR count). The Hall–Kier alpha value is -2.05. The van der Waals surface area contributed by atoms with Gasteiger partial charge in [0.05, 0.1) is 4.90 Å². The molecule has 0 aliphatic rings. The van der Waals surface area contributed by atoms with Gasteiger partial charge in [0.25, 0.3) is 10.1 Å². The van der Waals surface area contributed by atoms with Gasteiger partial charge < -0.3 is 9.84 Å². The average Bonchev–Trinajstić information content (AvgIpc) is 2.53. The van der Waals surface area contributed by atoms with E-state index < -0.39 is 10.1 Å². The smallest absolute Gasteiger partial charge is 0.294 e. The number of rotatable bonds is 8. The molecule has 0 saturated heterocycles. The predicted octanol–water partition coefficient (Wildman–Crippen LogP) is 4.55. The van der Waals surface area contributed by atoms with E-state index in [9.17, 15) is 13.5 Å². The summed E-state index contributed by atoms with van der Waals surface area (Å²) in [6.07, 6.45) is 5.37. The van der Waals surface area contributed by atoms with Gasteiger partial charge in [0.1, 0.15) is 17.2 Å². The molecule has 2 aromatic rings. The molecular weight excluding hydrogens is 328 g/mol. The molecule has 0 heterocycles. The summed E-state index contributed by atoms with van der Waals surface area (Å²) in [6.45, 7) is 2.16. The minimum Gasteiger partial charge on any atom is -0.508 e. The molecule has 0 spiro atoms. The predicted molar refractivity (Wildman–Crippen MR) is 92.3 cm³/mol. The molecule has 0 aliphatic heterocycles. The third-order valence-corrected chi connectivity index (χ3v) is 4.57. The van der Waals surface area contributed by atoms with Crippen molar-refractivity contribution in [3.8, 4) is 17.2 Å². The van der Waals surface area contributed by atoms with Gasteiger partial charge in [0.2, 0.25) is 0 Å². The van der Waals surface area contributed by atoms with Crippen LogP contribution in [-0.4, -0.2) is 18.1 Å². The minimum absolute atomic E-state index is 0.108. The van der Waals surface area contributed by atoms with E-state index in [1.165, 1.54) is 37.1 Å². The molecule has 5 nitrogen and oxygen atoms in total. The summed E-state index contributed by atoms with van der Waals surface area (Å²) in [5, 5.41) is 9.68. The van der Waals surface area contributed by atoms with Crippen molar-refractivity contribution in [2.24, 2.45) is 0 Å². The molecule has 0 atom stereocenters. The second kappa shape index (κ2) is 8.17. The molecular formula is C18H22O5S. The fraction of sp³-hybridized carbons (Fsp3) is 0.333. The van der Waals surface area contributed by atoms with Crippen molar-refractivity contribution in [3.05, 3.63) is 48.0 Å². The lowest BCUT2D eigenvalue weighted by Crippen LogP contribution is -1.98. The van der Waals surface area contributed by atoms with Gasteiger partial charge in [-0.3, -0.25) is 4.55 Å². The van der Waals surface area contributed by atoms with Crippen molar-refractivity contribution >= 4 is 10.1 Å². The molecule has 0 bridgehead atoms. The third kappa shape index (κ3) is 5.25. The van der Waals surface area contributed by atoms with Gasteiger partial charge in [-0.05, 0) is 48.7 Å². The number of phenolic OH excluding ortho intramolecular Hbond substituents is 1. The number of aryl methyl sites for hydroxylation is 1. The Morgan fingerprint density at radius 2 is 1.71 bits per heavy atom. The van der Waals surface area contributed by atoms with Crippen molar-refractivity contribution < 1.29 is 22.8 Å². The molecule has 0 fully saturated rings. The van der Waals surface area contributed by atoms with Crippen LogP contribution in [0.25, 0.3) is 0 Å². The number of aromatic hydroxyl groups is 1.